The predicted octanol–water partition coefficient (Wildman–Crippen LogP) is 5.70. The van der Waals surface area contributed by atoms with Crippen LogP contribution in [0.1, 0.15) is 5.56 Å². The van der Waals surface area contributed by atoms with Gasteiger partial charge in [0.1, 0.15) is 11.5 Å². The van der Waals surface area contributed by atoms with Crippen molar-refractivity contribution in [3.8, 4) is 11.5 Å². The Morgan fingerprint density at radius 3 is 2.33 bits per heavy atom. The van der Waals surface area contributed by atoms with Crippen LogP contribution >= 0.6 is 39.3 Å². The minimum absolute atomic E-state index is 0.489. The summed E-state index contributed by atoms with van der Waals surface area (Å²) >= 11 is 11.0. The maximum atomic E-state index is 5.80. The van der Waals surface area contributed by atoms with Gasteiger partial charge < -0.3 is 4.74 Å². The van der Waals surface area contributed by atoms with Gasteiger partial charge in [-0.1, -0.05) is 22.0 Å². The molecule has 0 saturated carbocycles. The van der Waals surface area contributed by atoms with Gasteiger partial charge in [-0.05, 0) is 48.2 Å². The van der Waals surface area contributed by atoms with E-state index in [1.165, 1.54) is 4.90 Å². The fraction of sp³-hybridized carbons (Fsp3) is 0.143. The summed E-state index contributed by atoms with van der Waals surface area (Å²) in [6, 6.07) is 13.8. The first-order valence-electron chi connectivity index (χ1n) is 5.39. The molecule has 0 spiro atoms. The molecule has 0 saturated heterocycles. The van der Waals surface area contributed by atoms with Gasteiger partial charge in [0, 0.05) is 15.2 Å². The van der Waals surface area contributed by atoms with Crippen LogP contribution in [0, 0.1) is 0 Å². The van der Waals surface area contributed by atoms with Crippen molar-refractivity contribution in [1.29, 1.82) is 0 Å². The van der Waals surface area contributed by atoms with Crippen molar-refractivity contribution < 1.29 is 4.74 Å². The fourth-order valence-electron chi connectivity index (χ4n) is 1.48. The number of ether oxygens (including phenoxy) is 1. The number of alkyl halides is 1. The first-order valence-corrected chi connectivity index (χ1v) is 7.94. The number of hydrogen-bond acceptors (Lipinski definition) is 2. The van der Waals surface area contributed by atoms with Gasteiger partial charge in [0.2, 0.25) is 0 Å². The van der Waals surface area contributed by atoms with Crippen LogP contribution < -0.4 is 4.74 Å². The van der Waals surface area contributed by atoms with Crippen molar-refractivity contribution in [2.75, 3.05) is 6.26 Å². The highest BCUT2D eigenvalue weighted by Gasteiger charge is 2.02. The van der Waals surface area contributed by atoms with Crippen LogP contribution in [-0.4, -0.2) is 6.26 Å². The highest BCUT2D eigenvalue weighted by atomic mass is 79.9. The van der Waals surface area contributed by atoms with Crippen LogP contribution in [0.3, 0.4) is 0 Å². The van der Waals surface area contributed by atoms with Gasteiger partial charge in [-0.15, -0.1) is 23.4 Å². The zero-order chi connectivity index (χ0) is 13.0. The Balaban J connectivity index is 2.15. The molecule has 0 N–H and O–H groups in total. The average molecular weight is 344 g/mol. The predicted molar refractivity (Wildman–Crippen MR) is 82.0 cm³/mol. The Morgan fingerprint density at radius 2 is 1.78 bits per heavy atom. The Hall–Kier alpha value is -0.640. The third kappa shape index (κ3) is 3.44. The lowest BCUT2D eigenvalue weighted by atomic mass is 10.2. The van der Waals surface area contributed by atoms with E-state index in [0.717, 1.165) is 21.5 Å². The monoisotopic (exact) mass is 342 g/mol. The molecule has 0 aromatic heterocycles. The fourth-order valence-corrected chi connectivity index (χ4v) is 2.78. The van der Waals surface area contributed by atoms with Crippen molar-refractivity contribution >= 4 is 39.3 Å². The molecule has 1 nitrogen and oxygen atoms in total. The maximum absolute atomic E-state index is 5.80. The van der Waals surface area contributed by atoms with Crippen molar-refractivity contribution in [2.45, 2.75) is 10.8 Å². The SMILES string of the molecule is CSc1ccc(Oc2ccc(CCl)c(Br)c2)cc1. The molecule has 0 fully saturated rings. The Labute approximate surface area is 125 Å². The highest BCUT2D eigenvalue weighted by molar-refractivity contribution is 9.10. The van der Waals surface area contributed by atoms with Crippen molar-refractivity contribution in [1.82, 2.24) is 0 Å². The van der Waals surface area contributed by atoms with Gasteiger partial charge in [0.15, 0.2) is 0 Å². The number of rotatable bonds is 4. The summed E-state index contributed by atoms with van der Waals surface area (Å²) in [6.45, 7) is 0. The van der Waals surface area contributed by atoms with Crippen LogP contribution in [0.4, 0.5) is 0 Å². The molecule has 0 amide bonds. The molecule has 0 atom stereocenters. The molecule has 2 aromatic carbocycles. The zero-order valence-electron chi connectivity index (χ0n) is 9.82. The molecule has 94 valence electrons. The molecule has 2 aromatic rings. The van der Waals surface area contributed by atoms with E-state index in [1.807, 2.05) is 42.5 Å². The average Bonchev–Trinajstić information content (AvgIpc) is 2.40. The second kappa shape index (κ2) is 6.50. The van der Waals surface area contributed by atoms with Gasteiger partial charge in [0.25, 0.3) is 0 Å². The van der Waals surface area contributed by atoms with E-state index in [4.69, 9.17) is 16.3 Å². The summed E-state index contributed by atoms with van der Waals surface area (Å²) in [4.78, 5) is 1.22. The first-order chi connectivity index (χ1) is 8.72. The van der Waals surface area contributed by atoms with Gasteiger partial charge in [0.05, 0.1) is 0 Å². The summed E-state index contributed by atoms with van der Waals surface area (Å²) in [5.74, 6) is 2.12. The highest BCUT2D eigenvalue weighted by Crippen LogP contribution is 2.28. The minimum atomic E-state index is 0.489. The molecule has 0 bridgehead atoms. The molecule has 0 aliphatic rings. The lowest BCUT2D eigenvalue weighted by Gasteiger charge is -2.08. The van der Waals surface area contributed by atoms with Gasteiger partial charge >= 0.3 is 0 Å². The van der Waals surface area contributed by atoms with Crippen molar-refractivity contribution in [3.63, 3.8) is 0 Å². The van der Waals surface area contributed by atoms with E-state index in [1.54, 1.807) is 11.8 Å². The van der Waals surface area contributed by atoms with E-state index >= 15 is 0 Å². The van der Waals surface area contributed by atoms with Crippen LogP contribution in [0.15, 0.2) is 51.8 Å². The second-order valence-electron chi connectivity index (χ2n) is 3.66. The van der Waals surface area contributed by atoms with Crippen LogP contribution in [0.25, 0.3) is 0 Å². The van der Waals surface area contributed by atoms with Crippen molar-refractivity contribution in [2.24, 2.45) is 0 Å². The Bertz CT molecular complexity index is 528. The topological polar surface area (TPSA) is 9.23 Å². The molecular weight excluding hydrogens is 332 g/mol. The van der Waals surface area contributed by atoms with E-state index < -0.39 is 0 Å². The Morgan fingerprint density at radius 1 is 1.11 bits per heavy atom. The molecule has 0 unspecified atom stereocenters. The normalized spacial score (nSPS) is 10.4. The van der Waals surface area contributed by atoms with Gasteiger partial charge in [-0.3, -0.25) is 0 Å². The van der Waals surface area contributed by atoms with E-state index in [2.05, 4.69) is 22.2 Å². The number of benzene rings is 2. The quantitative estimate of drug-likeness (QED) is 0.520. The molecule has 0 heterocycles. The van der Waals surface area contributed by atoms with Crippen molar-refractivity contribution in [3.05, 3.63) is 52.5 Å². The molecule has 2 rings (SSSR count). The number of hydrogen-bond donors (Lipinski definition) is 0. The molecular formula is C14H12BrClOS. The zero-order valence-corrected chi connectivity index (χ0v) is 13.0. The molecule has 0 aliphatic carbocycles. The summed E-state index contributed by atoms with van der Waals surface area (Å²) in [5.41, 5.74) is 1.06. The maximum Gasteiger partial charge on any atom is 0.128 e. The third-order valence-corrected chi connectivity index (χ3v) is 4.23. The summed E-state index contributed by atoms with van der Waals surface area (Å²) in [5, 5.41) is 0. The van der Waals surface area contributed by atoms with E-state index in [9.17, 15) is 0 Å². The summed E-state index contributed by atoms with van der Waals surface area (Å²) in [7, 11) is 0. The second-order valence-corrected chi connectivity index (χ2v) is 5.67. The Kier molecular flexibility index (Phi) is 4.98. The minimum Gasteiger partial charge on any atom is -0.457 e. The largest absolute Gasteiger partial charge is 0.457 e. The van der Waals surface area contributed by atoms with Gasteiger partial charge in [-0.2, -0.15) is 0 Å². The molecule has 4 heteroatoms. The lowest BCUT2D eigenvalue weighted by Crippen LogP contribution is -1.86. The molecule has 0 aliphatic heterocycles. The molecule has 0 radical (unpaired) electrons. The van der Waals surface area contributed by atoms with E-state index in [-0.39, 0.29) is 0 Å². The summed E-state index contributed by atoms with van der Waals surface area (Å²) in [6.07, 6.45) is 2.05. The van der Waals surface area contributed by atoms with Crippen LogP contribution in [0.5, 0.6) is 11.5 Å². The lowest BCUT2D eigenvalue weighted by molar-refractivity contribution is 0.482. The van der Waals surface area contributed by atoms with Crippen LogP contribution in [-0.2, 0) is 5.88 Å². The smallest absolute Gasteiger partial charge is 0.128 e. The third-order valence-electron chi connectivity index (χ3n) is 2.46. The first kappa shape index (κ1) is 13.8. The standard InChI is InChI=1S/C14H12BrClOS/c1-18-13-6-4-11(5-7-13)17-12-3-2-10(9-16)14(15)8-12/h2-8H,9H2,1H3. The molecule has 18 heavy (non-hydrogen) atoms. The summed E-state index contributed by atoms with van der Waals surface area (Å²) < 4.78 is 6.74. The van der Waals surface area contributed by atoms with Crippen LogP contribution in [0.2, 0.25) is 0 Å². The van der Waals surface area contributed by atoms with E-state index in [0.29, 0.717) is 5.88 Å². The van der Waals surface area contributed by atoms with Gasteiger partial charge in [-0.25, -0.2) is 0 Å². The number of halogens is 2. The number of thioether (sulfide) groups is 1.